The van der Waals surface area contributed by atoms with Gasteiger partial charge in [0, 0.05) is 47.9 Å². The Kier molecular flexibility index (Phi) is 8.08. The molecule has 112 valence electrons. The van der Waals surface area contributed by atoms with Gasteiger partial charge in [0.2, 0.25) is 5.54 Å². The van der Waals surface area contributed by atoms with Crippen LogP contribution in [-0.4, -0.2) is 70.9 Å². The van der Waals surface area contributed by atoms with Crippen LogP contribution >= 0.6 is 23.5 Å². The van der Waals surface area contributed by atoms with Crippen LogP contribution in [0.1, 0.15) is 6.92 Å². The highest BCUT2D eigenvalue weighted by atomic mass is 32.2. The SMILES string of the molecule is CC1([N+](=O)[O-])CNCCSCC(O)CSCCNC1. The van der Waals surface area contributed by atoms with E-state index in [-0.39, 0.29) is 11.0 Å². The van der Waals surface area contributed by atoms with E-state index < -0.39 is 5.54 Å². The number of nitrogens with one attached hydrogen (secondary N) is 2. The number of hydrogen-bond donors (Lipinski definition) is 3. The molecular weight excluding hydrogens is 286 g/mol. The minimum Gasteiger partial charge on any atom is -0.391 e. The van der Waals surface area contributed by atoms with E-state index in [0.29, 0.717) is 13.1 Å². The Labute approximate surface area is 122 Å². The van der Waals surface area contributed by atoms with Crippen LogP contribution in [0.2, 0.25) is 0 Å². The summed E-state index contributed by atoms with van der Waals surface area (Å²) in [5.41, 5.74) is -0.959. The van der Waals surface area contributed by atoms with E-state index in [9.17, 15) is 15.2 Å². The van der Waals surface area contributed by atoms with E-state index in [0.717, 1.165) is 36.1 Å². The van der Waals surface area contributed by atoms with Gasteiger partial charge in [-0.05, 0) is 0 Å². The topological polar surface area (TPSA) is 87.4 Å². The molecule has 0 aromatic heterocycles. The summed E-state index contributed by atoms with van der Waals surface area (Å²) in [7, 11) is 0. The van der Waals surface area contributed by atoms with Gasteiger partial charge in [0.25, 0.3) is 0 Å². The molecule has 0 aromatic rings. The number of thioether (sulfide) groups is 2. The summed E-state index contributed by atoms with van der Waals surface area (Å²) >= 11 is 3.37. The molecule has 0 spiro atoms. The molecule has 1 saturated heterocycles. The smallest absolute Gasteiger partial charge is 0.243 e. The molecule has 1 rings (SSSR count). The molecule has 3 N–H and O–H groups in total. The molecular formula is C11H23N3O3S2. The van der Waals surface area contributed by atoms with Gasteiger partial charge in [-0.3, -0.25) is 10.1 Å². The number of aliphatic hydroxyl groups excluding tert-OH is 1. The first-order chi connectivity index (χ1) is 9.04. The third-order valence-electron chi connectivity index (χ3n) is 2.92. The van der Waals surface area contributed by atoms with E-state index in [1.807, 2.05) is 0 Å². The average molecular weight is 309 g/mol. The van der Waals surface area contributed by atoms with Gasteiger partial charge in [0.05, 0.1) is 19.2 Å². The quantitative estimate of drug-likeness (QED) is 0.466. The van der Waals surface area contributed by atoms with Gasteiger partial charge in [0.1, 0.15) is 0 Å². The fourth-order valence-electron chi connectivity index (χ4n) is 1.68. The van der Waals surface area contributed by atoms with Crippen molar-refractivity contribution in [1.82, 2.24) is 10.6 Å². The summed E-state index contributed by atoms with van der Waals surface area (Å²) < 4.78 is 0. The number of nitro groups is 1. The molecule has 1 heterocycles. The van der Waals surface area contributed by atoms with Crippen LogP contribution in [0.4, 0.5) is 0 Å². The summed E-state index contributed by atoms with van der Waals surface area (Å²) in [5.74, 6) is 3.19. The third-order valence-corrected chi connectivity index (χ3v) is 5.15. The third kappa shape index (κ3) is 6.80. The highest BCUT2D eigenvalue weighted by Gasteiger charge is 2.36. The summed E-state index contributed by atoms with van der Waals surface area (Å²) in [6.07, 6.45) is -0.262. The Balaban J connectivity index is 2.44. The minimum absolute atomic E-state index is 0.205. The normalized spacial score (nSPS) is 32.4. The lowest BCUT2D eigenvalue weighted by atomic mass is 10.0. The van der Waals surface area contributed by atoms with Crippen molar-refractivity contribution >= 4 is 23.5 Å². The first-order valence-electron chi connectivity index (χ1n) is 6.44. The number of aliphatic hydroxyl groups is 1. The van der Waals surface area contributed by atoms with Gasteiger partial charge in [0.15, 0.2) is 0 Å². The Morgan fingerprint density at radius 2 is 1.68 bits per heavy atom. The molecule has 0 bridgehead atoms. The van der Waals surface area contributed by atoms with Crippen molar-refractivity contribution in [2.45, 2.75) is 18.6 Å². The van der Waals surface area contributed by atoms with E-state index >= 15 is 0 Å². The van der Waals surface area contributed by atoms with Crippen molar-refractivity contribution in [2.24, 2.45) is 0 Å². The molecule has 0 radical (unpaired) electrons. The fraction of sp³-hybridized carbons (Fsp3) is 1.00. The van der Waals surface area contributed by atoms with Crippen molar-refractivity contribution in [1.29, 1.82) is 0 Å². The maximum Gasteiger partial charge on any atom is 0.243 e. The molecule has 0 aliphatic carbocycles. The van der Waals surface area contributed by atoms with Gasteiger partial charge in [-0.2, -0.15) is 23.5 Å². The maximum atomic E-state index is 11.1. The van der Waals surface area contributed by atoms with E-state index in [4.69, 9.17) is 0 Å². The zero-order valence-corrected chi connectivity index (χ0v) is 12.9. The van der Waals surface area contributed by atoms with Crippen molar-refractivity contribution < 1.29 is 10.0 Å². The molecule has 0 unspecified atom stereocenters. The molecule has 1 aliphatic heterocycles. The lowest BCUT2D eigenvalue weighted by molar-refractivity contribution is -0.560. The molecule has 8 heteroatoms. The van der Waals surface area contributed by atoms with Crippen molar-refractivity contribution in [3.05, 3.63) is 10.1 Å². The Morgan fingerprint density at radius 3 is 2.11 bits per heavy atom. The van der Waals surface area contributed by atoms with Gasteiger partial charge in [-0.1, -0.05) is 0 Å². The maximum absolute atomic E-state index is 11.1. The minimum atomic E-state index is -0.959. The fourth-order valence-corrected chi connectivity index (χ4v) is 3.52. The lowest BCUT2D eigenvalue weighted by Crippen LogP contribution is -2.52. The number of nitrogens with zero attached hydrogens (tertiary/aromatic N) is 1. The Hall–Kier alpha value is -0.0200. The van der Waals surface area contributed by atoms with Gasteiger partial charge in [-0.15, -0.1) is 0 Å². The molecule has 0 saturated carbocycles. The van der Waals surface area contributed by atoms with Crippen molar-refractivity contribution in [3.8, 4) is 0 Å². The van der Waals surface area contributed by atoms with Crippen molar-refractivity contribution in [3.63, 3.8) is 0 Å². The standard InChI is InChI=1S/C11H23N3O3S2/c1-11(14(16)17)8-12-2-4-18-6-10(15)7-19-5-3-13-9-11/h10,12-13,15H,2-9H2,1H3. The number of rotatable bonds is 1. The highest BCUT2D eigenvalue weighted by Crippen LogP contribution is 2.10. The second kappa shape index (κ2) is 9.02. The zero-order chi connectivity index (χ0) is 14.1. The van der Waals surface area contributed by atoms with Crippen LogP contribution in [0.5, 0.6) is 0 Å². The Bertz CT molecular complexity index is 266. The molecule has 1 aliphatic rings. The average Bonchev–Trinajstić information content (AvgIpc) is 2.37. The summed E-state index contributed by atoms with van der Waals surface area (Å²) in [6.45, 7) is 3.86. The molecule has 6 nitrogen and oxygen atoms in total. The molecule has 19 heavy (non-hydrogen) atoms. The lowest BCUT2D eigenvalue weighted by Gasteiger charge is -2.22. The Morgan fingerprint density at radius 1 is 1.21 bits per heavy atom. The van der Waals surface area contributed by atoms with Crippen LogP contribution < -0.4 is 10.6 Å². The second-order valence-electron chi connectivity index (χ2n) is 4.91. The zero-order valence-electron chi connectivity index (χ0n) is 11.3. The van der Waals surface area contributed by atoms with Crippen LogP contribution in [0.15, 0.2) is 0 Å². The second-order valence-corrected chi connectivity index (χ2v) is 7.21. The summed E-state index contributed by atoms with van der Waals surface area (Å²) in [6, 6.07) is 0. The van der Waals surface area contributed by atoms with Crippen molar-refractivity contribution in [2.75, 3.05) is 49.2 Å². The molecule has 0 amide bonds. The van der Waals surface area contributed by atoms with Gasteiger partial charge in [-0.25, -0.2) is 0 Å². The molecule has 0 aromatic carbocycles. The van der Waals surface area contributed by atoms with E-state index in [1.54, 1.807) is 30.4 Å². The predicted molar refractivity (Wildman–Crippen MR) is 81.8 cm³/mol. The van der Waals surface area contributed by atoms with E-state index in [2.05, 4.69) is 10.6 Å². The van der Waals surface area contributed by atoms with Crippen LogP contribution in [0, 0.1) is 10.1 Å². The van der Waals surface area contributed by atoms with Crippen LogP contribution in [-0.2, 0) is 0 Å². The van der Waals surface area contributed by atoms with Gasteiger partial charge < -0.3 is 15.7 Å². The first-order valence-corrected chi connectivity index (χ1v) is 8.75. The largest absolute Gasteiger partial charge is 0.391 e. The summed E-state index contributed by atoms with van der Waals surface area (Å²) in [4.78, 5) is 10.9. The predicted octanol–water partition coefficient (Wildman–Crippen LogP) is 0.0419. The number of hydrogen-bond acceptors (Lipinski definition) is 7. The molecule has 0 atom stereocenters. The first kappa shape index (κ1) is 17.0. The van der Waals surface area contributed by atoms with Crippen LogP contribution in [0.3, 0.4) is 0 Å². The van der Waals surface area contributed by atoms with E-state index in [1.165, 1.54) is 0 Å². The molecule has 1 fully saturated rings. The summed E-state index contributed by atoms with van der Waals surface area (Å²) in [5, 5.41) is 27.1. The van der Waals surface area contributed by atoms with Crippen LogP contribution in [0.25, 0.3) is 0 Å². The van der Waals surface area contributed by atoms with Gasteiger partial charge >= 0.3 is 0 Å². The highest BCUT2D eigenvalue weighted by molar-refractivity contribution is 8.00. The monoisotopic (exact) mass is 309 g/mol.